The average Bonchev–Trinajstić information content (AvgIpc) is 2.94. The first-order valence-corrected chi connectivity index (χ1v) is 12.0. The number of hydrogen-bond donors (Lipinski definition) is 2. The number of rotatable bonds is 7. The molecular weight excluding hydrogens is 476 g/mol. The molecule has 0 aliphatic heterocycles. The fourth-order valence-corrected chi connectivity index (χ4v) is 4.25. The lowest BCUT2D eigenvalue weighted by atomic mass is 10.1. The summed E-state index contributed by atoms with van der Waals surface area (Å²) in [7, 11) is 0. The molecule has 0 aliphatic rings. The maximum absolute atomic E-state index is 12.8. The molecule has 3 heterocycles. The zero-order valence-electron chi connectivity index (χ0n) is 20.5. The van der Waals surface area contributed by atoms with Crippen LogP contribution in [0.25, 0.3) is 10.8 Å². The largest absolute Gasteiger partial charge is 0.383 e. The minimum Gasteiger partial charge on any atom is -0.383 e. The molecule has 0 unspecified atom stereocenters. The summed E-state index contributed by atoms with van der Waals surface area (Å²) in [5, 5.41) is 13.9. The zero-order valence-corrected chi connectivity index (χ0v) is 20.5. The quantitative estimate of drug-likeness (QED) is 0.350. The fraction of sp³-hybridized carbons (Fsp3) is 0.100. The maximum Gasteiger partial charge on any atom is 0.251 e. The van der Waals surface area contributed by atoms with Crippen LogP contribution in [0, 0.1) is 11.3 Å². The lowest BCUT2D eigenvalue weighted by Crippen LogP contribution is -2.23. The lowest BCUT2D eigenvalue weighted by molar-refractivity contribution is 0.0950. The Kier molecular flexibility index (Phi) is 6.91. The fourth-order valence-electron chi connectivity index (χ4n) is 4.25. The number of carbonyl (C=O) groups excluding carboxylic acids is 1. The minimum absolute atomic E-state index is 0.157. The second-order valence-corrected chi connectivity index (χ2v) is 8.96. The van der Waals surface area contributed by atoms with Crippen LogP contribution in [-0.4, -0.2) is 20.4 Å². The molecule has 0 saturated carbocycles. The molecule has 2 aromatic carbocycles. The molecule has 3 aromatic heterocycles. The summed E-state index contributed by atoms with van der Waals surface area (Å²) in [5.74, 6) is 0.307. The van der Waals surface area contributed by atoms with Gasteiger partial charge in [-0.1, -0.05) is 36.4 Å². The molecule has 1 amide bonds. The Morgan fingerprint density at radius 1 is 0.921 bits per heavy atom. The van der Waals surface area contributed by atoms with Gasteiger partial charge in [0.1, 0.15) is 11.9 Å². The van der Waals surface area contributed by atoms with Crippen molar-refractivity contribution in [2.75, 3.05) is 5.73 Å². The van der Waals surface area contributed by atoms with E-state index in [4.69, 9.17) is 11.0 Å². The van der Waals surface area contributed by atoms with Crippen LogP contribution < -0.4 is 16.6 Å². The number of amides is 1. The van der Waals surface area contributed by atoms with Crippen LogP contribution in [0.3, 0.4) is 0 Å². The van der Waals surface area contributed by atoms with Gasteiger partial charge >= 0.3 is 0 Å². The monoisotopic (exact) mass is 500 g/mol. The number of nitrogens with zero attached hydrogens (tertiary/aromatic N) is 4. The van der Waals surface area contributed by atoms with Gasteiger partial charge in [-0.05, 0) is 52.4 Å². The van der Waals surface area contributed by atoms with E-state index >= 15 is 0 Å². The van der Waals surface area contributed by atoms with Gasteiger partial charge in [-0.25, -0.2) is 4.98 Å². The van der Waals surface area contributed by atoms with Crippen molar-refractivity contribution in [3.8, 4) is 6.07 Å². The highest BCUT2D eigenvalue weighted by molar-refractivity contribution is 5.94. The molecular formula is C30H24N6O2. The van der Waals surface area contributed by atoms with Crippen LogP contribution in [0.4, 0.5) is 5.82 Å². The van der Waals surface area contributed by atoms with Gasteiger partial charge in [-0.3, -0.25) is 14.6 Å². The number of nitrogens with two attached hydrogens (primary N) is 1. The topological polar surface area (TPSA) is 127 Å². The Morgan fingerprint density at radius 3 is 2.50 bits per heavy atom. The van der Waals surface area contributed by atoms with Gasteiger partial charge in [-0.15, -0.1) is 0 Å². The predicted molar refractivity (Wildman–Crippen MR) is 145 cm³/mol. The third-order valence-electron chi connectivity index (χ3n) is 6.27. The van der Waals surface area contributed by atoms with Crippen LogP contribution in [-0.2, 0) is 19.5 Å². The van der Waals surface area contributed by atoms with Gasteiger partial charge in [0.05, 0.1) is 12.1 Å². The Balaban J connectivity index is 1.22. The van der Waals surface area contributed by atoms with E-state index in [-0.39, 0.29) is 11.5 Å². The third-order valence-corrected chi connectivity index (χ3v) is 6.27. The predicted octanol–water partition coefficient (Wildman–Crippen LogP) is 3.81. The normalized spacial score (nSPS) is 10.7. The second-order valence-electron chi connectivity index (χ2n) is 8.96. The summed E-state index contributed by atoms with van der Waals surface area (Å²) in [5.41, 5.74) is 10.5. The summed E-state index contributed by atoms with van der Waals surface area (Å²) in [6.07, 6.45) is 5.43. The van der Waals surface area contributed by atoms with Gasteiger partial charge in [0, 0.05) is 54.3 Å². The first kappa shape index (κ1) is 24.4. The summed E-state index contributed by atoms with van der Waals surface area (Å²) in [4.78, 5) is 33.4. The molecule has 8 heteroatoms. The van der Waals surface area contributed by atoms with Gasteiger partial charge in [-0.2, -0.15) is 5.26 Å². The standard InChI is InChI=1S/C30H24N6O2/c31-16-23-6-8-28(37)36(19-23)18-21-3-1-20(2-4-21)14-26-15-25(10-11-33-26)30(38)35-17-22-5-7-27-24(13-22)9-12-34-29(27)32/h1-13,15,19H,14,17-18H2,(H2,32,34)(H,35,38). The molecule has 186 valence electrons. The van der Waals surface area contributed by atoms with Crippen molar-refractivity contribution >= 4 is 22.5 Å². The molecule has 0 fully saturated rings. The van der Waals surface area contributed by atoms with Gasteiger partial charge in [0.25, 0.3) is 11.5 Å². The van der Waals surface area contributed by atoms with Gasteiger partial charge in [0.15, 0.2) is 0 Å². The van der Waals surface area contributed by atoms with Crippen molar-refractivity contribution in [3.05, 3.63) is 135 Å². The summed E-state index contributed by atoms with van der Waals surface area (Å²) >= 11 is 0. The average molecular weight is 501 g/mol. The van der Waals surface area contributed by atoms with Crippen molar-refractivity contribution in [2.24, 2.45) is 0 Å². The number of fused-ring (bicyclic) bond motifs is 1. The molecule has 5 rings (SSSR count). The Bertz CT molecular complexity index is 1740. The highest BCUT2D eigenvalue weighted by atomic mass is 16.1. The van der Waals surface area contributed by atoms with Crippen LogP contribution in [0.15, 0.2) is 96.2 Å². The van der Waals surface area contributed by atoms with E-state index in [1.807, 2.05) is 48.5 Å². The van der Waals surface area contributed by atoms with Crippen LogP contribution >= 0.6 is 0 Å². The second kappa shape index (κ2) is 10.8. The highest BCUT2D eigenvalue weighted by Gasteiger charge is 2.09. The molecule has 0 spiro atoms. The molecule has 8 nitrogen and oxygen atoms in total. The lowest BCUT2D eigenvalue weighted by Gasteiger charge is -2.09. The molecule has 0 aliphatic carbocycles. The number of nitrogens with one attached hydrogen (secondary N) is 1. The number of aromatic nitrogens is 3. The van der Waals surface area contributed by atoms with Crippen molar-refractivity contribution in [1.29, 1.82) is 5.26 Å². The molecule has 0 bridgehead atoms. The SMILES string of the molecule is N#Cc1ccc(=O)n(Cc2ccc(Cc3cc(C(=O)NCc4ccc5c(N)nccc5c4)ccn3)cc2)c1. The van der Waals surface area contributed by atoms with Crippen LogP contribution in [0.5, 0.6) is 0 Å². The van der Waals surface area contributed by atoms with Gasteiger partial charge in [0.2, 0.25) is 0 Å². The van der Waals surface area contributed by atoms with Crippen molar-refractivity contribution in [1.82, 2.24) is 19.9 Å². The smallest absolute Gasteiger partial charge is 0.251 e. The number of nitrogen functional groups attached to an aromatic ring is 1. The molecule has 0 atom stereocenters. The number of pyridine rings is 3. The van der Waals surface area contributed by atoms with Crippen LogP contribution in [0.1, 0.15) is 38.3 Å². The minimum atomic E-state index is -0.177. The van der Waals surface area contributed by atoms with E-state index in [2.05, 4.69) is 21.4 Å². The molecule has 0 saturated heterocycles. The van der Waals surface area contributed by atoms with Crippen LogP contribution in [0.2, 0.25) is 0 Å². The van der Waals surface area contributed by atoms with E-state index < -0.39 is 0 Å². The van der Waals surface area contributed by atoms with E-state index in [9.17, 15) is 9.59 Å². The van der Waals surface area contributed by atoms with E-state index in [1.165, 1.54) is 16.7 Å². The van der Waals surface area contributed by atoms with E-state index in [0.717, 1.165) is 33.2 Å². The maximum atomic E-state index is 12.8. The summed E-state index contributed by atoms with van der Waals surface area (Å²) < 4.78 is 1.52. The first-order chi connectivity index (χ1) is 18.5. The third kappa shape index (κ3) is 5.58. The van der Waals surface area contributed by atoms with Gasteiger partial charge < -0.3 is 15.6 Å². The summed E-state index contributed by atoms with van der Waals surface area (Å²) in [6, 6.07) is 24.0. The highest BCUT2D eigenvalue weighted by Crippen LogP contribution is 2.20. The molecule has 5 aromatic rings. The number of nitriles is 1. The summed E-state index contributed by atoms with van der Waals surface area (Å²) in [6.45, 7) is 0.764. The van der Waals surface area contributed by atoms with E-state index in [0.29, 0.717) is 36.5 Å². The molecule has 0 radical (unpaired) electrons. The number of benzene rings is 2. The van der Waals surface area contributed by atoms with Crippen molar-refractivity contribution in [2.45, 2.75) is 19.5 Å². The molecule has 3 N–H and O–H groups in total. The Hall–Kier alpha value is -5.29. The first-order valence-electron chi connectivity index (χ1n) is 12.0. The number of hydrogen-bond acceptors (Lipinski definition) is 6. The Labute approximate surface area is 219 Å². The zero-order chi connectivity index (χ0) is 26.5. The van der Waals surface area contributed by atoms with Crippen molar-refractivity contribution < 1.29 is 4.79 Å². The Morgan fingerprint density at radius 2 is 1.68 bits per heavy atom. The van der Waals surface area contributed by atoms with Crippen molar-refractivity contribution in [3.63, 3.8) is 0 Å². The number of anilines is 1. The number of carbonyl (C=O) groups is 1. The molecule has 38 heavy (non-hydrogen) atoms. The van der Waals surface area contributed by atoms with E-state index in [1.54, 1.807) is 30.7 Å².